The summed E-state index contributed by atoms with van der Waals surface area (Å²) < 4.78 is 54.0. The summed E-state index contributed by atoms with van der Waals surface area (Å²) in [6, 6.07) is 7.33. The van der Waals surface area contributed by atoms with Crippen molar-refractivity contribution in [3.8, 4) is 0 Å². The highest BCUT2D eigenvalue weighted by atomic mass is 19.1. The molecule has 1 heterocycles. The largest absolute Gasteiger partial charge is 0.396 e. The van der Waals surface area contributed by atoms with Crippen LogP contribution in [0.25, 0.3) is 5.70 Å². The number of carbonyl (C=O) groups is 2. The number of hydrogen-bond acceptors (Lipinski definition) is 6. The van der Waals surface area contributed by atoms with Crippen LogP contribution in [0.5, 0.6) is 0 Å². The third kappa shape index (κ3) is 12.1. The number of nitrogens with zero attached hydrogens (tertiary/aromatic N) is 1. The molecule has 0 spiro atoms. The molecule has 1 amide bonds. The zero-order valence-electron chi connectivity index (χ0n) is 26.9. The maximum absolute atomic E-state index is 14.3. The van der Waals surface area contributed by atoms with Gasteiger partial charge in [-0.25, -0.2) is 17.6 Å². The minimum absolute atomic E-state index is 0.109. The molecule has 250 valence electrons. The Labute approximate surface area is 264 Å². The fourth-order valence-electron chi connectivity index (χ4n) is 5.62. The van der Waals surface area contributed by atoms with E-state index in [9.17, 15) is 27.5 Å². The number of aliphatic hydroxyl groups is 1. The van der Waals surface area contributed by atoms with Gasteiger partial charge in [-0.15, -0.1) is 0 Å². The lowest BCUT2D eigenvalue weighted by molar-refractivity contribution is -0.107. The van der Waals surface area contributed by atoms with Gasteiger partial charge in [0.15, 0.2) is 0 Å². The van der Waals surface area contributed by atoms with Crippen LogP contribution >= 0.6 is 0 Å². The highest BCUT2D eigenvalue weighted by Crippen LogP contribution is 2.39. The van der Waals surface area contributed by atoms with Crippen molar-refractivity contribution in [3.05, 3.63) is 89.0 Å². The third-order valence-corrected chi connectivity index (χ3v) is 7.82. The molecule has 2 aromatic carbocycles. The predicted octanol–water partition coefficient (Wildman–Crippen LogP) is 5.23. The van der Waals surface area contributed by atoms with Crippen LogP contribution in [-0.2, 0) is 15.0 Å². The van der Waals surface area contributed by atoms with E-state index in [4.69, 9.17) is 4.79 Å². The van der Waals surface area contributed by atoms with Gasteiger partial charge in [-0.2, -0.15) is 0 Å². The van der Waals surface area contributed by atoms with Crippen molar-refractivity contribution in [2.24, 2.45) is 5.73 Å². The molecule has 1 unspecified atom stereocenters. The van der Waals surface area contributed by atoms with E-state index in [1.165, 1.54) is 30.3 Å². The standard InChI is InChI=1S/C21H34F2N2O.C12H11F2NO.CH3NO/c1-5-6-7-17(10-11-26)25-14-21(15-25,24-4)13-20(2,3)18-12-16(22)8-9-19(18)23;1-8(7-16)5-12(15-2)10-4-3-9(13)6-11(10)14;2-1-3/h8-9,12,17,24,26H,5-7,10-11,13-15H2,1-4H3;3-7,15H,1H2,2H3;1H,(H2,2,3)/b;12-5-;. The van der Waals surface area contributed by atoms with Crippen LogP contribution in [0, 0.1) is 23.3 Å². The van der Waals surface area contributed by atoms with Crippen molar-refractivity contribution >= 4 is 18.4 Å². The maximum Gasteiger partial charge on any atom is 0.204 e. The Morgan fingerprint density at radius 2 is 1.67 bits per heavy atom. The van der Waals surface area contributed by atoms with Gasteiger partial charge in [0.2, 0.25) is 6.41 Å². The zero-order valence-corrected chi connectivity index (χ0v) is 26.9. The second-order valence-corrected chi connectivity index (χ2v) is 11.7. The number of hydrogen-bond donors (Lipinski definition) is 4. The molecule has 0 radical (unpaired) electrons. The minimum atomic E-state index is -0.695. The Bertz CT molecular complexity index is 1280. The molecule has 0 aliphatic carbocycles. The van der Waals surface area contributed by atoms with Gasteiger partial charge in [0.25, 0.3) is 0 Å². The summed E-state index contributed by atoms with van der Waals surface area (Å²) in [4.78, 5) is 21.4. The second-order valence-electron chi connectivity index (χ2n) is 11.7. The van der Waals surface area contributed by atoms with Gasteiger partial charge in [-0.05, 0) is 73.7 Å². The lowest BCUT2D eigenvalue weighted by Gasteiger charge is -2.56. The van der Waals surface area contributed by atoms with E-state index in [1.54, 1.807) is 7.05 Å². The van der Waals surface area contributed by atoms with Crippen molar-refractivity contribution in [3.63, 3.8) is 0 Å². The fraction of sp³-hybridized carbons (Fsp3) is 0.471. The number of likely N-dealkylation sites (tertiary alicyclic amines) is 1. The molecular formula is C34H48F4N4O3. The molecule has 1 aliphatic rings. The van der Waals surface area contributed by atoms with Crippen LogP contribution in [0.3, 0.4) is 0 Å². The molecule has 45 heavy (non-hydrogen) atoms. The first-order valence-corrected chi connectivity index (χ1v) is 14.9. The molecule has 0 aromatic heterocycles. The van der Waals surface area contributed by atoms with Crippen LogP contribution in [0.1, 0.15) is 64.0 Å². The number of aldehydes is 1. The Morgan fingerprint density at radius 3 is 2.18 bits per heavy atom. The predicted molar refractivity (Wildman–Crippen MR) is 171 cm³/mol. The summed E-state index contributed by atoms with van der Waals surface area (Å²) in [6.45, 7) is 11.5. The van der Waals surface area contributed by atoms with Gasteiger partial charge < -0.3 is 21.5 Å². The van der Waals surface area contributed by atoms with Crippen molar-refractivity contribution in [1.82, 2.24) is 15.5 Å². The molecule has 0 bridgehead atoms. The smallest absolute Gasteiger partial charge is 0.204 e. The number of primary amides is 1. The number of amides is 1. The SMILES string of the molecule is C=C(C=O)/C=C(\NC)c1ccc(F)cc1F.CCCCC(CCO)N1CC(CC(C)(C)c2cc(F)ccc2F)(NC)C1.NC=O. The number of nitrogens with two attached hydrogens (primary N) is 1. The average Bonchev–Trinajstić information content (AvgIpc) is 2.98. The first-order valence-electron chi connectivity index (χ1n) is 14.9. The number of likely N-dealkylation sites (N-methyl/N-ethyl adjacent to an activating group) is 1. The van der Waals surface area contributed by atoms with E-state index in [0.29, 0.717) is 23.6 Å². The van der Waals surface area contributed by atoms with Crippen LogP contribution in [0.15, 0.2) is 54.6 Å². The van der Waals surface area contributed by atoms with Crippen LogP contribution in [0.2, 0.25) is 0 Å². The number of unbranched alkanes of at least 4 members (excludes halogenated alkanes) is 1. The van der Waals surface area contributed by atoms with E-state index in [2.05, 4.69) is 34.8 Å². The number of benzene rings is 2. The average molecular weight is 637 g/mol. The number of nitrogens with one attached hydrogen (secondary N) is 2. The monoisotopic (exact) mass is 636 g/mol. The molecule has 1 aliphatic heterocycles. The van der Waals surface area contributed by atoms with E-state index >= 15 is 0 Å². The summed E-state index contributed by atoms with van der Waals surface area (Å²) in [5.74, 6) is -2.09. The highest BCUT2D eigenvalue weighted by molar-refractivity contribution is 5.82. The Kier molecular flexibility index (Phi) is 16.7. The normalized spacial score (nSPS) is 14.9. The number of aliphatic hydroxyl groups excluding tert-OH is 1. The number of halogens is 4. The van der Waals surface area contributed by atoms with Crippen molar-refractivity contribution < 1.29 is 32.3 Å². The molecule has 0 saturated carbocycles. The molecule has 1 fully saturated rings. The molecule has 2 aromatic rings. The summed E-state index contributed by atoms with van der Waals surface area (Å²) in [5, 5.41) is 15.5. The van der Waals surface area contributed by atoms with E-state index in [0.717, 1.165) is 57.3 Å². The number of carbonyl (C=O) groups excluding carboxylic acids is 2. The number of rotatable bonds is 14. The lowest BCUT2D eigenvalue weighted by Crippen LogP contribution is -2.71. The molecule has 7 nitrogen and oxygen atoms in total. The number of allylic oxidation sites excluding steroid dienone is 2. The van der Waals surface area contributed by atoms with Crippen LogP contribution in [0.4, 0.5) is 17.6 Å². The molecule has 1 atom stereocenters. The Balaban J connectivity index is 0.000000455. The van der Waals surface area contributed by atoms with E-state index in [-0.39, 0.29) is 35.5 Å². The summed E-state index contributed by atoms with van der Waals surface area (Å²) >= 11 is 0. The van der Waals surface area contributed by atoms with E-state index in [1.807, 2.05) is 20.9 Å². The van der Waals surface area contributed by atoms with Gasteiger partial charge >= 0.3 is 0 Å². The third-order valence-electron chi connectivity index (χ3n) is 7.82. The first-order chi connectivity index (χ1) is 21.3. The fourth-order valence-corrected chi connectivity index (χ4v) is 5.62. The van der Waals surface area contributed by atoms with Gasteiger partial charge in [0.05, 0.1) is 0 Å². The molecule has 1 saturated heterocycles. The molecular weight excluding hydrogens is 588 g/mol. The lowest BCUT2D eigenvalue weighted by atomic mass is 9.70. The Morgan fingerprint density at radius 1 is 1.07 bits per heavy atom. The minimum Gasteiger partial charge on any atom is -0.396 e. The summed E-state index contributed by atoms with van der Waals surface area (Å²) in [6.07, 6.45) is 7.13. The molecule has 3 rings (SSSR count). The summed E-state index contributed by atoms with van der Waals surface area (Å²) in [7, 11) is 3.52. The maximum atomic E-state index is 14.3. The van der Waals surface area contributed by atoms with Crippen LogP contribution < -0.4 is 16.4 Å². The first kappa shape index (κ1) is 39.5. The van der Waals surface area contributed by atoms with Crippen molar-refractivity contribution in [2.45, 2.75) is 69.9 Å². The zero-order chi connectivity index (χ0) is 34.2. The Hall–Kier alpha value is -3.54. The molecule has 5 N–H and O–H groups in total. The van der Waals surface area contributed by atoms with Gasteiger partial charge in [-0.1, -0.05) is 40.2 Å². The quantitative estimate of drug-likeness (QED) is 0.0980. The highest BCUT2D eigenvalue weighted by Gasteiger charge is 2.47. The van der Waals surface area contributed by atoms with Gasteiger partial charge in [0.1, 0.15) is 29.6 Å². The van der Waals surface area contributed by atoms with E-state index < -0.39 is 22.9 Å². The van der Waals surface area contributed by atoms with Gasteiger partial charge in [0, 0.05) is 61.2 Å². The van der Waals surface area contributed by atoms with Gasteiger partial charge in [-0.3, -0.25) is 14.5 Å². The molecule has 11 heteroatoms. The second kappa shape index (κ2) is 19.1. The summed E-state index contributed by atoms with van der Waals surface area (Å²) in [5.41, 5.74) is 4.78. The van der Waals surface area contributed by atoms with Crippen molar-refractivity contribution in [1.29, 1.82) is 0 Å². The van der Waals surface area contributed by atoms with Crippen LogP contribution in [-0.4, -0.2) is 68.1 Å². The topological polar surface area (TPSA) is 108 Å². The van der Waals surface area contributed by atoms with Crippen molar-refractivity contribution in [2.75, 3.05) is 33.8 Å².